The molecule has 30 heavy (non-hydrogen) atoms. The van der Waals surface area contributed by atoms with E-state index in [4.69, 9.17) is 4.74 Å². The van der Waals surface area contributed by atoms with Gasteiger partial charge in [0.25, 0.3) is 0 Å². The zero-order chi connectivity index (χ0) is 21.7. The maximum absolute atomic E-state index is 12.0. The molecule has 0 amide bonds. The van der Waals surface area contributed by atoms with Crippen LogP contribution in [0, 0.1) is 13.8 Å². The number of nitrogens with zero attached hydrogens (tertiary/aromatic N) is 2. The van der Waals surface area contributed by atoms with Gasteiger partial charge in [-0.05, 0) is 49.7 Å². The third-order valence-electron chi connectivity index (χ3n) is 5.28. The van der Waals surface area contributed by atoms with Gasteiger partial charge in [0.1, 0.15) is 6.10 Å². The Labute approximate surface area is 179 Å². The van der Waals surface area contributed by atoms with E-state index in [1.807, 2.05) is 6.07 Å². The third-order valence-corrected chi connectivity index (χ3v) is 6.69. The fourth-order valence-corrected chi connectivity index (χ4v) is 4.47. The van der Waals surface area contributed by atoms with E-state index in [9.17, 15) is 8.42 Å². The Morgan fingerprint density at radius 3 is 2.73 bits per heavy atom. The van der Waals surface area contributed by atoms with Gasteiger partial charge in [0.05, 0.1) is 18.0 Å². The van der Waals surface area contributed by atoms with Crippen molar-refractivity contribution in [1.29, 1.82) is 0 Å². The molecule has 1 saturated heterocycles. The lowest BCUT2D eigenvalue weighted by Gasteiger charge is -2.36. The molecule has 0 saturated carbocycles. The lowest BCUT2D eigenvalue weighted by atomic mass is 10.00. The number of aryl methyl sites for hydroxylation is 2. The molecule has 2 N–H and O–H groups in total. The molecule has 1 atom stereocenters. The van der Waals surface area contributed by atoms with Crippen molar-refractivity contribution in [2.75, 3.05) is 33.8 Å². The standard InChI is InChI=1S/C22H30N4O3S/c1-16-8-9-20(17(2)12-16)21-15-26(10-11-29-21)22(23-3)25-14-18-6-5-7-19(13-18)30(27,28)24-4/h5-9,12-13,21,24H,10-11,14-15H2,1-4H3,(H,23,25). The molecule has 162 valence electrons. The molecule has 1 fully saturated rings. The molecule has 2 aromatic carbocycles. The molecule has 1 unspecified atom stereocenters. The third kappa shape index (κ3) is 5.19. The molecule has 1 aliphatic heterocycles. The average Bonchev–Trinajstić information content (AvgIpc) is 2.74. The van der Waals surface area contributed by atoms with Crippen LogP contribution in [-0.4, -0.2) is 53.1 Å². The maximum atomic E-state index is 12.0. The predicted molar refractivity (Wildman–Crippen MR) is 119 cm³/mol. The van der Waals surface area contributed by atoms with Gasteiger partial charge in [-0.1, -0.05) is 35.9 Å². The Balaban J connectivity index is 1.68. The van der Waals surface area contributed by atoms with Crippen LogP contribution in [0.3, 0.4) is 0 Å². The van der Waals surface area contributed by atoms with E-state index >= 15 is 0 Å². The van der Waals surface area contributed by atoms with Crippen molar-refractivity contribution in [2.45, 2.75) is 31.4 Å². The van der Waals surface area contributed by atoms with E-state index < -0.39 is 10.0 Å². The lowest BCUT2D eigenvalue weighted by molar-refractivity contribution is -0.00834. The monoisotopic (exact) mass is 430 g/mol. The van der Waals surface area contributed by atoms with Crippen LogP contribution in [0.1, 0.15) is 28.4 Å². The summed E-state index contributed by atoms with van der Waals surface area (Å²) in [7, 11) is -0.300. The summed E-state index contributed by atoms with van der Waals surface area (Å²) >= 11 is 0. The highest BCUT2D eigenvalue weighted by Gasteiger charge is 2.25. The molecule has 0 aromatic heterocycles. The number of ether oxygens (including phenoxy) is 1. The number of sulfonamides is 1. The van der Waals surface area contributed by atoms with Crippen LogP contribution in [0.4, 0.5) is 0 Å². The Kier molecular flexibility index (Phi) is 7.12. The van der Waals surface area contributed by atoms with E-state index in [0.29, 0.717) is 19.7 Å². The smallest absolute Gasteiger partial charge is 0.240 e. The molecule has 3 rings (SSSR count). The Morgan fingerprint density at radius 2 is 2.03 bits per heavy atom. The number of morpholine rings is 1. The molecule has 1 heterocycles. The molecule has 0 bridgehead atoms. The number of hydrogen-bond donors (Lipinski definition) is 2. The van der Waals surface area contributed by atoms with Gasteiger partial charge in [0, 0.05) is 20.1 Å². The van der Waals surface area contributed by atoms with Crippen LogP contribution in [0.25, 0.3) is 0 Å². The first-order chi connectivity index (χ1) is 14.3. The van der Waals surface area contributed by atoms with Gasteiger partial charge >= 0.3 is 0 Å². The summed E-state index contributed by atoms with van der Waals surface area (Å²) in [6.45, 7) is 6.75. The van der Waals surface area contributed by atoms with Crippen molar-refractivity contribution in [2.24, 2.45) is 4.99 Å². The number of aliphatic imine (C=N–C) groups is 1. The van der Waals surface area contributed by atoms with Gasteiger partial charge in [-0.2, -0.15) is 0 Å². The molecular formula is C22H30N4O3S. The minimum atomic E-state index is -3.47. The lowest BCUT2D eigenvalue weighted by Crippen LogP contribution is -2.48. The first-order valence-corrected chi connectivity index (χ1v) is 11.5. The molecule has 7 nitrogen and oxygen atoms in total. The quantitative estimate of drug-likeness (QED) is 0.562. The summed E-state index contributed by atoms with van der Waals surface area (Å²) in [5, 5.41) is 3.35. The van der Waals surface area contributed by atoms with Crippen LogP contribution in [0.5, 0.6) is 0 Å². The van der Waals surface area contributed by atoms with Crippen molar-refractivity contribution in [1.82, 2.24) is 14.9 Å². The van der Waals surface area contributed by atoms with Crippen molar-refractivity contribution < 1.29 is 13.2 Å². The van der Waals surface area contributed by atoms with Gasteiger partial charge in [-0.3, -0.25) is 4.99 Å². The van der Waals surface area contributed by atoms with Crippen molar-refractivity contribution in [3.8, 4) is 0 Å². The highest BCUT2D eigenvalue weighted by molar-refractivity contribution is 7.89. The van der Waals surface area contributed by atoms with Gasteiger partial charge < -0.3 is 15.0 Å². The summed E-state index contributed by atoms with van der Waals surface area (Å²) in [6, 6.07) is 13.3. The summed E-state index contributed by atoms with van der Waals surface area (Å²) in [6.07, 6.45) is -0.0120. The summed E-state index contributed by atoms with van der Waals surface area (Å²) in [4.78, 5) is 6.86. The zero-order valence-electron chi connectivity index (χ0n) is 18.0. The van der Waals surface area contributed by atoms with Crippen LogP contribution in [0.2, 0.25) is 0 Å². The summed E-state index contributed by atoms with van der Waals surface area (Å²) in [5.41, 5.74) is 4.54. The summed E-state index contributed by atoms with van der Waals surface area (Å²) < 4.78 is 32.5. The minimum Gasteiger partial charge on any atom is -0.370 e. The fourth-order valence-electron chi connectivity index (χ4n) is 3.67. The largest absolute Gasteiger partial charge is 0.370 e. The Bertz CT molecular complexity index is 1020. The molecule has 1 aliphatic rings. The van der Waals surface area contributed by atoms with Gasteiger partial charge in [0.15, 0.2) is 5.96 Å². The van der Waals surface area contributed by atoms with Gasteiger partial charge in [0.2, 0.25) is 10.0 Å². The molecule has 8 heteroatoms. The Morgan fingerprint density at radius 1 is 1.23 bits per heavy atom. The number of hydrogen-bond acceptors (Lipinski definition) is 4. The first-order valence-electron chi connectivity index (χ1n) is 10.0. The molecule has 0 spiro atoms. The number of rotatable bonds is 5. The van der Waals surface area contributed by atoms with Crippen LogP contribution in [0.15, 0.2) is 52.4 Å². The summed E-state index contributed by atoms with van der Waals surface area (Å²) in [5.74, 6) is 0.773. The first kappa shape index (κ1) is 22.3. The van der Waals surface area contributed by atoms with Gasteiger partial charge in [-0.15, -0.1) is 0 Å². The van der Waals surface area contributed by atoms with Gasteiger partial charge in [-0.25, -0.2) is 13.1 Å². The number of guanidine groups is 1. The van der Waals surface area contributed by atoms with E-state index in [-0.39, 0.29) is 11.0 Å². The number of nitrogens with one attached hydrogen (secondary N) is 2. The second-order valence-electron chi connectivity index (χ2n) is 7.42. The highest BCUT2D eigenvalue weighted by Crippen LogP contribution is 2.26. The fraction of sp³-hybridized carbons (Fsp3) is 0.409. The van der Waals surface area contributed by atoms with E-state index in [0.717, 1.165) is 18.1 Å². The SMILES string of the molecule is CN=C(NCc1cccc(S(=O)(=O)NC)c1)N1CCOC(c2ccc(C)cc2C)C1. The molecule has 0 aliphatic carbocycles. The van der Waals surface area contributed by atoms with Crippen LogP contribution >= 0.6 is 0 Å². The highest BCUT2D eigenvalue weighted by atomic mass is 32.2. The van der Waals surface area contributed by atoms with Crippen LogP contribution < -0.4 is 10.0 Å². The van der Waals surface area contributed by atoms with Crippen LogP contribution in [-0.2, 0) is 21.3 Å². The van der Waals surface area contributed by atoms with Crippen molar-refractivity contribution >= 4 is 16.0 Å². The Hall–Kier alpha value is -2.42. The maximum Gasteiger partial charge on any atom is 0.240 e. The predicted octanol–water partition coefficient (Wildman–Crippen LogP) is 2.36. The average molecular weight is 431 g/mol. The second-order valence-corrected chi connectivity index (χ2v) is 9.31. The van der Waals surface area contributed by atoms with Crippen molar-refractivity contribution in [3.63, 3.8) is 0 Å². The second kappa shape index (κ2) is 9.59. The zero-order valence-corrected chi connectivity index (χ0v) is 18.8. The molecular weight excluding hydrogens is 400 g/mol. The molecule has 2 aromatic rings. The van der Waals surface area contributed by atoms with E-state index in [1.54, 1.807) is 25.2 Å². The number of benzene rings is 2. The molecule has 0 radical (unpaired) electrons. The minimum absolute atomic E-state index is 0.0120. The topological polar surface area (TPSA) is 83.0 Å². The normalized spacial score (nSPS) is 17.8. The van der Waals surface area contributed by atoms with Crippen molar-refractivity contribution in [3.05, 3.63) is 64.7 Å². The van der Waals surface area contributed by atoms with E-state index in [1.165, 1.54) is 23.7 Å². The van der Waals surface area contributed by atoms with E-state index in [2.05, 4.69) is 52.0 Å².